The molecule has 0 amide bonds. The van der Waals surface area contributed by atoms with Gasteiger partial charge in [-0.3, -0.25) is 4.79 Å². The van der Waals surface area contributed by atoms with Crippen LogP contribution in [-0.2, 0) is 6.61 Å². The molecular formula is C23H13BrCl2N2O2S. The highest BCUT2D eigenvalue weighted by Gasteiger charge is 2.12. The van der Waals surface area contributed by atoms with Crippen molar-refractivity contribution in [1.82, 2.24) is 9.38 Å². The molecule has 0 unspecified atom stereocenters. The number of imidazole rings is 1. The van der Waals surface area contributed by atoms with Gasteiger partial charge in [-0.05, 0) is 48.5 Å². The molecule has 0 spiro atoms. The Kier molecular flexibility index (Phi) is 5.48. The fraction of sp³-hybridized carbons (Fsp3) is 0.0435. The monoisotopic (exact) mass is 530 g/mol. The number of hydrogen-bond acceptors (Lipinski definition) is 4. The van der Waals surface area contributed by atoms with Crippen molar-refractivity contribution in [2.24, 2.45) is 0 Å². The first-order chi connectivity index (χ1) is 15.0. The Balaban J connectivity index is 1.56. The molecule has 0 aliphatic carbocycles. The number of benzene rings is 3. The van der Waals surface area contributed by atoms with E-state index in [0.29, 0.717) is 25.3 Å². The minimum absolute atomic E-state index is 0.0969. The predicted molar refractivity (Wildman–Crippen MR) is 131 cm³/mol. The average molecular weight is 532 g/mol. The van der Waals surface area contributed by atoms with Crippen molar-refractivity contribution >= 4 is 72.5 Å². The maximum absolute atomic E-state index is 13.1. The van der Waals surface area contributed by atoms with Gasteiger partial charge in [0, 0.05) is 25.6 Å². The first kappa shape index (κ1) is 20.5. The summed E-state index contributed by atoms with van der Waals surface area (Å²) in [4.78, 5) is 18.3. The topological polar surface area (TPSA) is 43.6 Å². The van der Waals surface area contributed by atoms with Crippen LogP contribution in [0.4, 0.5) is 0 Å². The van der Waals surface area contributed by atoms with Gasteiger partial charge in [0.1, 0.15) is 12.4 Å². The Morgan fingerprint density at radius 1 is 1.10 bits per heavy atom. The molecule has 0 fully saturated rings. The van der Waals surface area contributed by atoms with Gasteiger partial charge in [-0.2, -0.15) is 0 Å². The first-order valence-corrected chi connectivity index (χ1v) is 11.6. The molecule has 0 saturated carbocycles. The van der Waals surface area contributed by atoms with E-state index >= 15 is 0 Å². The van der Waals surface area contributed by atoms with Crippen LogP contribution >= 0.6 is 50.5 Å². The number of nitrogens with zero attached hydrogens (tertiary/aromatic N) is 2. The second kappa shape index (κ2) is 8.28. The molecule has 0 bridgehead atoms. The fourth-order valence-corrected chi connectivity index (χ4v) is 5.13. The molecule has 5 rings (SSSR count). The Morgan fingerprint density at radius 2 is 1.94 bits per heavy atom. The molecular weight excluding hydrogens is 519 g/mol. The maximum Gasteiger partial charge on any atom is 0.274 e. The number of para-hydroxylation sites is 2. The molecule has 0 radical (unpaired) electrons. The van der Waals surface area contributed by atoms with Crippen molar-refractivity contribution in [2.45, 2.75) is 6.61 Å². The van der Waals surface area contributed by atoms with Crippen molar-refractivity contribution in [2.75, 3.05) is 0 Å². The summed E-state index contributed by atoms with van der Waals surface area (Å²) in [6, 6.07) is 18.6. The van der Waals surface area contributed by atoms with Crippen LogP contribution in [0.15, 0.2) is 69.9 Å². The number of hydrogen-bond donors (Lipinski definition) is 0. The van der Waals surface area contributed by atoms with E-state index in [1.165, 1.54) is 11.3 Å². The Morgan fingerprint density at radius 3 is 2.77 bits per heavy atom. The number of aromatic nitrogens is 2. The zero-order chi connectivity index (χ0) is 21.5. The maximum atomic E-state index is 13.1. The van der Waals surface area contributed by atoms with E-state index in [1.54, 1.807) is 16.5 Å². The lowest BCUT2D eigenvalue weighted by Gasteiger charge is -2.11. The molecule has 0 aliphatic rings. The number of fused-ring (bicyclic) bond motifs is 3. The third-order valence-electron chi connectivity index (χ3n) is 4.80. The van der Waals surface area contributed by atoms with Crippen LogP contribution in [0, 0.1) is 0 Å². The highest BCUT2D eigenvalue weighted by Crippen LogP contribution is 2.27. The zero-order valence-electron chi connectivity index (χ0n) is 15.8. The van der Waals surface area contributed by atoms with E-state index < -0.39 is 0 Å². The molecule has 8 heteroatoms. The summed E-state index contributed by atoms with van der Waals surface area (Å²) in [5.41, 5.74) is 3.13. The van der Waals surface area contributed by atoms with Gasteiger partial charge in [0.05, 0.1) is 15.6 Å². The summed E-state index contributed by atoms with van der Waals surface area (Å²) in [6.45, 7) is 0.279. The van der Waals surface area contributed by atoms with Crippen molar-refractivity contribution in [3.05, 3.63) is 101 Å². The minimum Gasteiger partial charge on any atom is -0.488 e. The normalized spacial score (nSPS) is 12.2. The van der Waals surface area contributed by atoms with Crippen LogP contribution in [-0.4, -0.2) is 9.38 Å². The highest BCUT2D eigenvalue weighted by atomic mass is 79.9. The Labute approximate surface area is 199 Å². The third-order valence-corrected chi connectivity index (χ3v) is 6.85. The van der Waals surface area contributed by atoms with E-state index in [2.05, 4.69) is 20.9 Å². The Bertz CT molecular complexity index is 1560. The van der Waals surface area contributed by atoms with Crippen molar-refractivity contribution in [3.8, 4) is 5.75 Å². The van der Waals surface area contributed by atoms with Crippen LogP contribution in [0.1, 0.15) is 11.1 Å². The highest BCUT2D eigenvalue weighted by molar-refractivity contribution is 9.10. The lowest BCUT2D eigenvalue weighted by atomic mass is 10.2. The number of rotatable bonds is 4. The second-order valence-electron chi connectivity index (χ2n) is 6.84. The van der Waals surface area contributed by atoms with Crippen molar-refractivity contribution < 1.29 is 4.74 Å². The van der Waals surface area contributed by atoms with Gasteiger partial charge in [0.2, 0.25) is 0 Å². The van der Waals surface area contributed by atoms with Crippen LogP contribution in [0.25, 0.3) is 22.1 Å². The molecule has 5 aromatic rings. The summed E-state index contributed by atoms with van der Waals surface area (Å²) >= 11 is 17.1. The minimum atomic E-state index is -0.0969. The summed E-state index contributed by atoms with van der Waals surface area (Å²) in [5, 5.41) is 1.12. The zero-order valence-corrected chi connectivity index (χ0v) is 19.7. The van der Waals surface area contributed by atoms with Crippen LogP contribution in [0.5, 0.6) is 5.75 Å². The van der Waals surface area contributed by atoms with Gasteiger partial charge in [-0.25, -0.2) is 9.38 Å². The van der Waals surface area contributed by atoms with Crippen LogP contribution < -0.4 is 14.8 Å². The molecule has 0 N–H and O–H groups in total. The van der Waals surface area contributed by atoms with Crippen LogP contribution in [0.2, 0.25) is 10.0 Å². The lowest BCUT2D eigenvalue weighted by Crippen LogP contribution is -2.22. The van der Waals surface area contributed by atoms with E-state index in [-0.39, 0.29) is 12.2 Å². The summed E-state index contributed by atoms with van der Waals surface area (Å²) in [6.07, 6.45) is 1.83. The smallest absolute Gasteiger partial charge is 0.274 e. The summed E-state index contributed by atoms with van der Waals surface area (Å²) in [7, 11) is 0. The SMILES string of the molecule is O=c1/c(=C\c2cc(Br)ccc2OCc2ccc(Cl)cc2Cl)sc2nc3ccccc3n12. The van der Waals surface area contributed by atoms with Crippen molar-refractivity contribution in [1.29, 1.82) is 0 Å². The molecule has 3 aromatic carbocycles. The molecule has 4 nitrogen and oxygen atoms in total. The molecule has 0 aliphatic heterocycles. The van der Waals surface area contributed by atoms with E-state index in [4.69, 9.17) is 27.9 Å². The summed E-state index contributed by atoms with van der Waals surface area (Å²) in [5.74, 6) is 0.643. The van der Waals surface area contributed by atoms with E-state index in [0.717, 1.165) is 26.6 Å². The largest absolute Gasteiger partial charge is 0.488 e. The molecule has 2 heterocycles. The van der Waals surface area contributed by atoms with E-state index in [1.807, 2.05) is 54.6 Å². The van der Waals surface area contributed by atoms with Gasteiger partial charge < -0.3 is 4.74 Å². The number of halogens is 3. The average Bonchev–Trinajstić information content (AvgIpc) is 3.25. The number of ether oxygens (including phenoxy) is 1. The fourth-order valence-electron chi connectivity index (χ4n) is 3.31. The standard InChI is InChI=1S/C23H13BrCl2N2O2S/c24-15-6-8-20(30-12-13-5-7-16(25)11-17(13)26)14(9-15)10-21-22(29)28-19-4-2-1-3-18(19)27-23(28)31-21/h1-11H,12H2/b21-10+. The second-order valence-corrected chi connectivity index (χ2v) is 9.61. The lowest BCUT2D eigenvalue weighted by molar-refractivity contribution is 0.305. The van der Waals surface area contributed by atoms with Gasteiger partial charge in [0.25, 0.3) is 5.56 Å². The van der Waals surface area contributed by atoms with Gasteiger partial charge in [-0.15, -0.1) is 0 Å². The van der Waals surface area contributed by atoms with Crippen molar-refractivity contribution in [3.63, 3.8) is 0 Å². The van der Waals surface area contributed by atoms with E-state index in [9.17, 15) is 4.79 Å². The number of thiazole rings is 1. The van der Waals surface area contributed by atoms with Crippen LogP contribution in [0.3, 0.4) is 0 Å². The van der Waals surface area contributed by atoms with Gasteiger partial charge >= 0.3 is 0 Å². The molecule has 0 atom stereocenters. The molecule has 2 aromatic heterocycles. The van der Waals surface area contributed by atoms with Gasteiger partial charge in [0.15, 0.2) is 4.96 Å². The predicted octanol–water partition coefficient (Wildman–Crippen LogP) is 6.11. The Hall–Kier alpha value is -2.38. The van der Waals surface area contributed by atoms with Gasteiger partial charge in [-0.1, -0.05) is 68.7 Å². The third kappa shape index (κ3) is 3.96. The first-order valence-electron chi connectivity index (χ1n) is 9.27. The summed E-state index contributed by atoms with van der Waals surface area (Å²) < 4.78 is 9.16. The molecule has 154 valence electrons. The molecule has 0 saturated heterocycles. The molecule has 31 heavy (non-hydrogen) atoms. The quantitative estimate of drug-likeness (QED) is 0.281.